The Morgan fingerprint density at radius 1 is 1.08 bits per heavy atom. The SMILES string of the molecule is CC(NC(=O)c1cc(F)cc2nccnc12)C(O)c1ccc(F)cc1. The Kier molecular flexibility index (Phi) is 4.67. The van der Waals surface area contributed by atoms with Gasteiger partial charge in [0.2, 0.25) is 0 Å². The summed E-state index contributed by atoms with van der Waals surface area (Å²) in [6.45, 7) is 1.60. The first kappa shape index (κ1) is 16.9. The van der Waals surface area contributed by atoms with Gasteiger partial charge in [-0.3, -0.25) is 14.8 Å². The number of aliphatic hydroxyl groups excluding tert-OH is 1. The van der Waals surface area contributed by atoms with Crippen molar-refractivity contribution in [3.63, 3.8) is 0 Å². The van der Waals surface area contributed by atoms with Crippen molar-refractivity contribution in [1.82, 2.24) is 15.3 Å². The summed E-state index contributed by atoms with van der Waals surface area (Å²) < 4.78 is 26.7. The van der Waals surface area contributed by atoms with Crippen molar-refractivity contribution in [3.8, 4) is 0 Å². The number of hydrogen-bond donors (Lipinski definition) is 2. The van der Waals surface area contributed by atoms with E-state index in [9.17, 15) is 18.7 Å². The lowest BCUT2D eigenvalue weighted by atomic mass is 10.0. The molecule has 1 aromatic heterocycles. The first-order chi connectivity index (χ1) is 12.0. The highest BCUT2D eigenvalue weighted by atomic mass is 19.1. The number of amides is 1. The molecule has 0 fully saturated rings. The molecule has 2 unspecified atom stereocenters. The zero-order valence-corrected chi connectivity index (χ0v) is 13.3. The average molecular weight is 343 g/mol. The minimum absolute atomic E-state index is 0.0289. The Morgan fingerprint density at radius 2 is 1.76 bits per heavy atom. The number of aromatic nitrogens is 2. The van der Waals surface area contributed by atoms with Crippen molar-refractivity contribution in [2.45, 2.75) is 19.1 Å². The molecule has 2 N–H and O–H groups in total. The second kappa shape index (κ2) is 6.90. The van der Waals surface area contributed by atoms with Crippen LogP contribution in [0.4, 0.5) is 8.78 Å². The summed E-state index contributed by atoms with van der Waals surface area (Å²) in [7, 11) is 0. The first-order valence-electron chi connectivity index (χ1n) is 7.60. The van der Waals surface area contributed by atoms with Crippen LogP contribution in [0.3, 0.4) is 0 Å². The Hall–Kier alpha value is -2.93. The maximum Gasteiger partial charge on any atom is 0.253 e. The van der Waals surface area contributed by atoms with E-state index >= 15 is 0 Å². The van der Waals surface area contributed by atoms with E-state index in [2.05, 4.69) is 15.3 Å². The fourth-order valence-electron chi connectivity index (χ4n) is 2.53. The van der Waals surface area contributed by atoms with Gasteiger partial charge < -0.3 is 10.4 Å². The summed E-state index contributed by atoms with van der Waals surface area (Å²) in [5.74, 6) is -1.61. The van der Waals surface area contributed by atoms with Crippen LogP contribution in [0.25, 0.3) is 11.0 Å². The second-order valence-electron chi connectivity index (χ2n) is 5.64. The van der Waals surface area contributed by atoms with Gasteiger partial charge in [0.15, 0.2) is 0 Å². The van der Waals surface area contributed by atoms with Gasteiger partial charge in [0, 0.05) is 18.5 Å². The molecule has 0 radical (unpaired) electrons. The van der Waals surface area contributed by atoms with Crippen molar-refractivity contribution < 1.29 is 18.7 Å². The molecule has 1 heterocycles. The fourth-order valence-corrected chi connectivity index (χ4v) is 2.53. The van der Waals surface area contributed by atoms with Gasteiger partial charge in [-0.15, -0.1) is 0 Å². The van der Waals surface area contributed by atoms with Crippen molar-refractivity contribution in [2.75, 3.05) is 0 Å². The van der Waals surface area contributed by atoms with E-state index in [0.29, 0.717) is 5.56 Å². The Morgan fingerprint density at radius 3 is 2.48 bits per heavy atom. The average Bonchev–Trinajstić information content (AvgIpc) is 2.60. The van der Waals surface area contributed by atoms with E-state index < -0.39 is 29.7 Å². The molecule has 0 bridgehead atoms. The van der Waals surface area contributed by atoms with Gasteiger partial charge in [0.25, 0.3) is 5.91 Å². The van der Waals surface area contributed by atoms with Crippen LogP contribution in [-0.4, -0.2) is 27.0 Å². The zero-order valence-electron chi connectivity index (χ0n) is 13.3. The van der Waals surface area contributed by atoms with Gasteiger partial charge in [-0.25, -0.2) is 8.78 Å². The molecule has 1 amide bonds. The number of nitrogens with one attached hydrogen (secondary N) is 1. The molecule has 128 valence electrons. The number of hydrogen-bond acceptors (Lipinski definition) is 4. The first-order valence-corrected chi connectivity index (χ1v) is 7.60. The van der Waals surface area contributed by atoms with Crippen LogP contribution in [0, 0.1) is 11.6 Å². The number of nitrogens with zero attached hydrogens (tertiary/aromatic N) is 2. The largest absolute Gasteiger partial charge is 0.386 e. The van der Waals surface area contributed by atoms with Crippen molar-refractivity contribution in [2.24, 2.45) is 0 Å². The predicted molar refractivity (Wildman–Crippen MR) is 87.8 cm³/mol. The van der Waals surface area contributed by atoms with Gasteiger partial charge in [0.05, 0.1) is 23.2 Å². The number of aliphatic hydroxyl groups is 1. The lowest BCUT2D eigenvalue weighted by Gasteiger charge is -2.21. The van der Waals surface area contributed by atoms with Gasteiger partial charge >= 0.3 is 0 Å². The Bertz CT molecular complexity index is 916. The Labute approximate surface area is 142 Å². The van der Waals surface area contributed by atoms with E-state index in [1.54, 1.807) is 6.92 Å². The van der Waals surface area contributed by atoms with Crippen LogP contribution in [0.2, 0.25) is 0 Å². The zero-order chi connectivity index (χ0) is 18.0. The third-order valence-electron chi connectivity index (χ3n) is 3.83. The van der Waals surface area contributed by atoms with Crippen molar-refractivity contribution >= 4 is 16.9 Å². The van der Waals surface area contributed by atoms with Crippen LogP contribution in [0.1, 0.15) is 28.9 Å². The smallest absolute Gasteiger partial charge is 0.253 e. The fraction of sp³-hybridized carbons (Fsp3) is 0.167. The van der Waals surface area contributed by atoms with E-state index in [-0.39, 0.29) is 16.6 Å². The number of halogens is 2. The van der Waals surface area contributed by atoms with Crippen LogP contribution in [0.5, 0.6) is 0 Å². The molecule has 3 rings (SSSR count). The van der Waals surface area contributed by atoms with Crippen LogP contribution in [-0.2, 0) is 0 Å². The summed E-state index contributed by atoms with van der Waals surface area (Å²) >= 11 is 0. The predicted octanol–water partition coefficient (Wildman–Crippen LogP) is 2.76. The molecule has 0 aliphatic heterocycles. The lowest BCUT2D eigenvalue weighted by Crippen LogP contribution is -2.37. The van der Waals surface area contributed by atoms with E-state index in [4.69, 9.17) is 0 Å². The summed E-state index contributed by atoms with van der Waals surface area (Å²) in [5.41, 5.74) is 1.02. The minimum atomic E-state index is -1.05. The summed E-state index contributed by atoms with van der Waals surface area (Å²) in [6.07, 6.45) is 1.77. The molecule has 0 spiro atoms. The van der Waals surface area contributed by atoms with Crippen molar-refractivity contribution in [3.05, 3.63) is 71.6 Å². The number of fused-ring (bicyclic) bond motifs is 1. The Balaban J connectivity index is 1.83. The maximum absolute atomic E-state index is 13.7. The molecule has 0 saturated carbocycles. The van der Waals surface area contributed by atoms with Gasteiger partial charge in [-0.05, 0) is 30.7 Å². The topological polar surface area (TPSA) is 75.1 Å². The quantitative estimate of drug-likeness (QED) is 0.764. The summed E-state index contributed by atoms with van der Waals surface area (Å²) in [4.78, 5) is 20.6. The van der Waals surface area contributed by atoms with Crippen LogP contribution < -0.4 is 5.32 Å². The molecule has 7 heteroatoms. The van der Waals surface area contributed by atoms with Crippen LogP contribution >= 0.6 is 0 Å². The summed E-state index contributed by atoms with van der Waals surface area (Å²) in [5, 5.41) is 12.9. The highest BCUT2D eigenvalue weighted by Gasteiger charge is 2.21. The third-order valence-corrected chi connectivity index (χ3v) is 3.83. The molecular formula is C18H15F2N3O2. The number of benzene rings is 2. The third kappa shape index (κ3) is 3.61. The highest BCUT2D eigenvalue weighted by molar-refractivity contribution is 6.04. The molecule has 3 aromatic rings. The summed E-state index contributed by atoms with van der Waals surface area (Å²) in [6, 6.07) is 6.90. The molecule has 0 aliphatic carbocycles. The molecule has 2 aromatic carbocycles. The molecule has 2 atom stereocenters. The van der Waals surface area contributed by atoms with E-state index in [1.807, 2.05) is 0 Å². The lowest BCUT2D eigenvalue weighted by molar-refractivity contribution is 0.0853. The molecule has 0 aliphatic rings. The number of carbonyl (C=O) groups is 1. The maximum atomic E-state index is 13.7. The van der Waals surface area contributed by atoms with Gasteiger partial charge in [0.1, 0.15) is 17.2 Å². The second-order valence-corrected chi connectivity index (χ2v) is 5.64. The van der Waals surface area contributed by atoms with E-state index in [1.165, 1.54) is 42.7 Å². The van der Waals surface area contributed by atoms with Gasteiger partial charge in [-0.2, -0.15) is 0 Å². The molecule has 25 heavy (non-hydrogen) atoms. The highest BCUT2D eigenvalue weighted by Crippen LogP contribution is 2.20. The minimum Gasteiger partial charge on any atom is -0.386 e. The molecule has 0 saturated heterocycles. The van der Waals surface area contributed by atoms with Crippen molar-refractivity contribution in [1.29, 1.82) is 0 Å². The normalized spacial score (nSPS) is 13.4. The van der Waals surface area contributed by atoms with Crippen LogP contribution in [0.15, 0.2) is 48.8 Å². The standard InChI is InChI=1S/C18H15F2N3O2/c1-10(17(24)11-2-4-12(19)5-3-11)23-18(25)14-8-13(20)9-15-16(14)22-7-6-21-15/h2-10,17,24H,1H3,(H,23,25). The molecular weight excluding hydrogens is 328 g/mol. The number of carbonyl (C=O) groups excluding carboxylic acids is 1. The molecule has 5 nitrogen and oxygen atoms in total. The monoisotopic (exact) mass is 343 g/mol. The van der Waals surface area contributed by atoms with E-state index in [0.717, 1.165) is 6.07 Å². The van der Waals surface area contributed by atoms with Gasteiger partial charge in [-0.1, -0.05) is 12.1 Å². The number of rotatable bonds is 4.